The Labute approximate surface area is 200 Å². The van der Waals surface area contributed by atoms with E-state index < -0.39 is 0 Å². The van der Waals surface area contributed by atoms with E-state index in [1.165, 1.54) is 13.2 Å². The first kappa shape index (κ1) is 24.1. The SMILES string of the molecule is COc1ccc(CN2CCC(NC(=O)c3cc(C(C)C)nc4c3cnn4C(C)C)CC2)cc1F. The lowest BCUT2D eigenvalue weighted by Crippen LogP contribution is -2.44. The van der Waals surface area contributed by atoms with Crippen molar-refractivity contribution >= 4 is 16.9 Å². The van der Waals surface area contributed by atoms with Crippen LogP contribution >= 0.6 is 0 Å². The summed E-state index contributed by atoms with van der Waals surface area (Å²) in [6.45, 7) is 10.6. The molecular formula is C26H34FN5O2. The molecule has 4 rings (SSSR count). The number of hydrogen-bond donors (Lipinski definition) is 1. The number of rotatable bonds is 7. The van der Waals surface area contributed by atoms with Crippen LogP contribution in [0, 0.1) is 5.82 Å². The van der Waals surface area contributed by atoms with Crippen LogP contribution in [0.5, 0.6) is 5.75 Å². The molecule has 0 bridgehead atoms. The fourth-order valence-electron chi connectivity index (χ4n) is 4.46. The predicted octanol–water partition coefficient (Wildman–Crippen LogP) is 4.68. The number of piperidine rings is 1. The predicted molar refractivity (Wildman–Crippen MR) is 131 cm³/mol. The molecule has 2 aromatic heterocycles. The van der Waals surface area contributed by atoms with Crippen LogP contribution in [0.25, 0.3) is 11.0 Å². The Kier molecular flexibility index (Phi) is 7.16. The van der Waals surface area contributed by atoms with Gasteiger partial charge >= 0.3 is 0 Å². The monoisotopic (exact) mass is 467 g/mol. The fourth-order valence-corrected chi connectivity index (χ4v) is 4.46. The number of aromatic nitrogens is 3. The summed E-state index contributed by atoms with van der Waals surface area (Å²) in [6.07, 6.45) is 3.44. The van der Waals surface area contributed by atoms with Crippen molar-refractivity contribution in [2.75, 3.05) is 20.2 Å². The van der Waals surface area contributed by atoms with Crippen molar-refractivity contribution in [2.24, 2.45) is 0 Å². The lowest BCUT2D eigenvalue weighted by molar-refractivity contribution is 0.0910. The van der Waals surface area contributed by atoms with Crippen molar-refractivity contribution in [1.29, 1.82) is 0 Å². The number of methoxy groups -OCH3 is 1. The van der Waals surface area contributed by atoms with Gasteiger partial charge in [0.1, 0.15) is 0 Å². The molecule has 7 nitrogen and oxygen atoms in total. The molecule has 1 N–H and O–H groups in total. The highest BCUT2D eigenvalue weighted by molar-refractivity contribution is 6.05. The van der Waals surface area contributed by atoms with Gasteiger partial charge in [0, 0.05) is 37.4 Å². The van der Waals surface area contributed by atoms with Crippen LogP contribution in [0.2, 0.25) is 0 Å². The molecule has 1 aliphatic heterocycles. The Morgan fingerprint density at radius 3 is 2.56 bits per heavy atom. The van der Waals surface area contributed by atoms with E-state index in [2.05, 4.69) is 43.0 Å². The van der Waals surface area contributed by atoms with Crippen molar-refractivity contribution in [3.8, 4) is 5.75 Å². The number of amides is 1. The van der Waals surface area contributed by atoms with Gasteiger partial charge in [-0.25, -0.2) is 14.1 Å². The number of hydrogen-bond acceptors (Lipinski definition) is 5. The number of ether oxygens (including phenoxy) is 1. The van der Waals surface area contributed by atoms with E-state index in [0.717, 1.165) is 48.2 Å². The number of carbonyl (C=O) groups is 1. The Morgan fingerprint density at radius 1 is 1.21 bits per heavy atom. The van der Waals surface area contributed by atoms with Crippen LogP contribution in [0.3, 0.4) is 0 Å². The van der Waals surface area contributed by atoms with E-state index in [-0.39, 0.29) is 35.5 Å². The van der Waals surface area contributed by atoms with E-state index in [9.17, 15) is 9.18 Å². The van der Waals surface area contributed by atoms with Gasteiger partial charge in [0.2, 0.25) is 0 Å². The molecule has 0 saturated carbocycles. The molecule has 0 spiro atoms. The van der Waals surface area contributed by atoms with Gasteiger partial charge in [-0.1, -0.05) is 19.9 Å². The zero-order valence-corrected chi connectivity index (χ0v) is 20.6. The lowest BCUT2D eigenvalue weighted by Gasteiger charge is -2.32. The highest BCUT2D eigenvalue weighted by Crippen LogP contribution is 2.25. The molecular weight excluding hydrogens is 433 g/mol. The second-order valence-electron chi connectivity index (χ2n) is 9.66. The number of nitrogens with one attached hydrogen (secondary N) is 1. The topological polar surface area (TPSA) is 72.3 Å². The Hall–Kier alpha value is -3.00. The van der Waals surface area contributed by atoms with Crippen molar-refractivity contribution in [3.63, 3.8) is 0 Å². The van der Waals surface area contributed by atoms with Crippen molar-refractivity contribution in [2.45, 2.75) is 65.1 Å². The third-order valence-corrected chi connectivity index (χ3v) is 6.46. The second kappa shape index (κ2) is 10.1. The average Bonchev–Trinajstić information content (AvgIpc) is 3.24. The molecule has 1 fully saturated rings. The summed E-state index contributed by atoms with van der Waals surface area (Å²) in [6, 6.07) is 7.26. The molecule has 0 aliphatic carbocycles. The fraction of sp³-hybridized carbons (Fsp3) is 0.500. The third kappa shape index (κ3) is 5.06. The minimum Gasteiger partial charge on any atom is -0.494 e. The van der Waals surface area contributed by atoms with Crippen molar-refractivity contribution in [1.82, 2.24) is 25.0 Å². The van der Waals surface area contributed by atoms with Crippen molar-refractivity contribution < 1.29 is 13.9 Å². The van der Waals surface area contributed by atoms with E-state index in [4.69, 9.17) is 9.72 Å². The third-order valence-electron chi connectivity index (χ3n) is 6.46. The van der Waals surface area contributed by atoms with Crippen LogP contribution in [-0.2, 0) is 6.54 Å². The van der Waals surface area contributed by atoms with Crippen molar-refractivity contribution in [3.05, 3.63) is 53.1 Å². The summed E-state index contributed by atoms with van der Waals surface area (Å²) in [4.78, 5) is 20.4. The first-order valence-corrected chi connectivity index (χ1v) is 12.0. The maximum absolute atomic E-state index is 14.0. The molecule has 8 heteroatoms. The number of carbonyl (C=O) groups excluding carboxylic acids is 1. The number of likely N-dealkylation sites (tertiary alicyclic amines) is 1. The van der Waals surface area contributed by atoms with E-state index in [1.807, 2.05) is 16.8 Å². The first-order valence-electron chi connectivity index (χ1n) is 12.0. The van der Waals surface area contributed by atoms with Gasteiger partial charge in [0.25, 0.3) is 5.91 Å². The van der Waals surface area contributed by atoms with Crippen LogP contribution < -0.4 is 10.1 Å². The quantitative estimate of drug-likeness (QED) is 0.546. The number of pyridine rings is 1. The average molecular weight is 468 g/mol. The number of fused-ring (bicyclic) bond motifs is 1. The van der Waals surface area contributed by atoms with E-state index >= 15 is 0 Å². The molecule has 1 aromatic carbocycles. The molecule has 0 radical (unpaired) electrons. The highest BCUT2D eigenvalue weighted by Gasteiger charge is 2.24. The lowest BCUT2D eigenvalue weighted by atomic mass is 10.0. The summed E-state index contributed by atoms with van der Waals surface area (Å²) in [5.74, 6) is 0.0492. The molecule has 0 unspecified atom stereocenters. The summed E-state index contributed by atoms with van der Waals surface area (Å²) in [5, 5.41) is 8.51. The number of nitrogens with zero attached hydrogens (tertiary/aromatic N) is 4. The smallest absolute Gasteiger partial charge is 0.252 e. The summed E-state index contributed by atoms with van der Waals surface area (Å²) >= 11 is 0. The van der Waals surface area contributed by atoms with Crippen LogP contribution in [0.15, 0.2) is 30.5 Å². The Morgan fingerprint density at radius 2 is 1.94 bits per heavy atom. The highest BCUT2D eigenvalue weighted by atomic mass is 19.1. The van der Waals surface area contributed by atoms with Crippen LogP contribution in [0.1, 0.15) is 74.1 Å². The minimum absolute atomic E-state index is 0.0757. The van der Waals surface area contributed by atoms with Crippen LogP contribution in [-0.4, -0.2) is 51.8 Å². The van der Waals surface area contributed by atoms with Gasteiger partial charge in [0.05, 0.1) is 24.3 Å². The molecule has 3 aromatic rings. The Bertz CT molecular complexity index is 1170. The normalized spacial score (nSPS) is 15.4. The minimum atomic E-state index is -0.340. The maximum Gasteiger partial charge on any atom is 0.252 e. The summed E-state index contributed by atoms with van der Waals surface area (Å²) in [5.41, 5.74) is 3.20. The maximum atomic E-state index is 14.0. The van der Waals surface area contributed by atoms with Gasteiger partial charge in [-0.15, -0.1) is 0 Å². The molecule has 0 atom stereocenters. The second-order valence-corrected chi connectivity index (χ2v) is 9.66. The molecule has 1 aliphatic rings. The largest absolute Gasteiger partial charge is 0.494 e. The standard InChI is InChI=1S/C26H34FN5O2/c1-16(2)23-13-20(21-14-28-32(17(3)4)25(21)30-23)26(33)29-19-8-10-31(11-9-19)15-18-6-7-24(34-5)22(27)12-18/h6-7,12-14,16-17,19H,8-11,15H2,1-5H3,(H,29,33). The first-order chi connectivity index (χ1) is 16.3. The molecule has 1 amide bonds. The van der Waals surface area contributed by atoms with Gasteiger partial charge in [-0.2, -0.15) is 5.10 Å². The number of halogens is 1. The summed E-state index contributed by atoms with van der Waals surface area (Å²) in [7, 11) is 1.47. The zero-order valence-electron chi connectivity index (χ0n) is 20.6. The van der Waals surface area contributed by atoms with Gasteiger partial charge in [-0.05, 0) is 56.4 Å². The van der Waals surface area contributed by atoms with Gasteiger partial charge < -0.3 is 10.1 Å². The summed E-state index contributed by atoms with van der Waals surface area (Å²) < 4.78 is 20.9. The Balaban J connectivity index is 1.42. The molecule has 34 heavy (non-hydrogen) atoms. The van der Waals surface area contributed by atoms with E-state index in [0.29, 0.717) is 12.1 Å². The van der Waals surface area contributed by atoms with Gasteiger partial charge in [0.15, 0.2) is 17.2 Å². The zero-order chi connectivity index (χ0) is 24.4. The molecule has 1 saturated heterocycles. The van der Waals surface area contributed by atoms with Crippen LogP contribution in [0.4, 0.5) is 4.39 Å². The number of benzene rings is 1. The van der Waals surface area contributed by atoms with Gasteiger partial charge in [-0.3, -0.25) is 9.69 Å². The molecule has 182 valence electrons. The molecule has 3 heterocycles. The van der Waals surface area contributed by atoms with E-state index in [1.54, 1.807) is 12.3 Å².